The van der Waals surface area contributed by atoms with Gasteiger partial charge in [-0.25, -0.2) is 0 Å². The molecule has 1 aromatic heterocycles. The Morgan fingerprint density at radius 3 is 2.80 bits per heavy atom. The second kappa shape index (κ2) is 9.75. The smallest absolute Gasteiger partial charge is 0.251 e. The van der Waals surface area contributed by atoms with E-state index in [9.17, 15) is 4.79 Å². The number of thiophene rings is 1. The number of hydrogen-bond donors (Lipinski definition) is 1. The molecular weight excluding hydrogens is 416 g/mol. The van der Waals surface area contributed by atoms with Crippen molar-refractivity contribution in [3.63, 3.8) is 0 Å². The van der Waals surface area contributed by atoms with Crippen molar-refractivity contribution in [1.29, 1.82) is 0 Å². The van der Waals surface area contributed by atoms with Crippen LogP contribution in [0.1, 0.15) is 38.0 Å². The first-order chi connectivity index (χ1) is 14.7. The van der Waals surface area contributed by atoms with Gasteiger partial charge in [0.1, 0.15) is 0 Å². The summed E-state index contributed by atoms with van der Waals surface area (Å²) in [6.45, 7) is 2.80. The Morgan fingerprint density at radius 2 is 2.00 bits per heavy atom. The van der Waals surface area contributed by atoms with E-state index in [4.69, 9.17) is 16.3 Å². The van der Waals surface area contributed by atoms with Crippen molar-refractivity contribution in [3.05, 3.63) is 92.1 Å². The molecule has 1 amide bonds. The Bertz CT molecular complexity index is 1000. The van der Waals surface area contributed by atoms with Crippen LogP contribution in [0.15, 0.2) is 60.0 Å². The van der Waals surface area contributed by atoms with E-state index in [2.05, 4.69) is 33.8 Å². The minimum atomic E-state index is -0.0742. The minimum absolute atomic E-state index is 0.0742. The maximum Gasteiger partial charge on any atom is 0.251 e. The summed E-state index contributed by atoms with van der Waals surface area (Å²) in [7, 11) is 1.64. The van der Waals surface area contributed by atoms with Gasteiger partial charge in [-0.3, -0.25) is 9.69 Å². The molecule has 0 saturated heterocycles. The van der Waals surface area contributed by atoms with E-state index in [0.717, 1.165) is 30.6 Å². The number of methoxy groups -OCH3 is 1. The third-order valence-corrected chi connectivity index (χ3v) is 6.83. The maximum absolute atomic E-state index is 13.0. The molecule has 0 bridgehead atoms. The van der Waals surface area contributed by atoms with Crippen LogP contribution >= 0.6 is 22.9 Å². The SMILES string of the molecule is COCc1ccccc1C(=O)NCC(c1ccc(Cl)cc1)N1CCc2sccc2C1. The van der Waals surface area contributed by atoms with E-state index in [1.54, 1.807) is 7.11 Å². The zero-order valence-electron chi connectivity index (χ0n) is 16.9. The van der Waals surface area contributed by atoms with E-state index in [0.29, 0.717) is 23.7 Å². The van der Waals surface area contributed by atoms with Gasteiger partial charge in [0.05, 0.1) is 12.6 Å². The average Bonchev–Trinajstić information content (AvgIpc) is 3.23. The lowest BCUT2D eigenvalue weighted by Gasteiger charge is -2.35. The van der Waals surface area contributed by atoms with Gasteiger partial charge in [0.2, 0.25) is 0 Å². The number of halogens is 1. The first-order valence-corrected chi connectivity index (χ1v) is 11.3. The third kappa shape index (κ3) is 4.76. The standard InChI is InChI=1S/C24H25ClN2O2S/c1-29-16-19-4-2-3-5-21(19)24(28)26-14-22(17-6-8-20(25)9-7-17)27-12-10-23-18(15-27)11-13-30-23/h2-9,11,13,22H,10,12,14-16H2,1H3,(H,26,28). The van der Waals surface area contributed by atoms with E-state index in [1.165, 1.54) is 10.4 Å². The molecular formula is C24H25ClN2O2S. The van der Waals surface area contributed by atoms with Crippen LogP contribution in [0.25, 0.3) is 0 Å². The van der Waals surface area contributed by atoms with Gasteiger partial charge in [0.15, 0.2) is 0 Å². The molecule has 0 saturated carbocycles. The Morgan fingerprint density at radius 1 is 1.20 bits per heavy atom. The zero-order valence-corrected chi connectivity index (χ0v) is 18.5. The molecule has 30 heavy (non-hydrogen) atoms. The average molecular weight is 441 g/mol. The number of amides is 1. The molecule has 0 spiro atoms. The van der Waals surface area contributed by atoms with Gasteiger partial charge >= 0.3 is 0 Å². The van der Waals surface area contributed by atoms with Crippen LogP contribution in [0.5, 0.6) is 0 Å². The lowest BCUT2D eigenvalue weighted by molar-refractivity contribution is 0.0923. The van der Waals surface area contributed by atoms with E-state index < -0.39 is 0 Å². The third-order valence-electron chi connectivity index (χ3n) is 5.55. The molecule has 1 unspecified atom stereocenters. The van der Waals surface area contributed by atoms with Crippen molar-refractivity contribution >= 4 is 28.8 Å². The molecule has 2 aromatic carbocycles. The summed E-state index contributed by atoms with van der Waals surface area (Å²) in [5.41, 5.74) is 4.10. The second-order valence-electron chi connectivity index (χ2n) is 7.46. The highest BCUT2D eigenvalue weighted by molar-refractivity contribution is 7.10. The van der Waals surface area contributed by atoms with Crippen molar-refractivity contribution in [2.45, 2.75) is 25.6 Å². The molecule has 6 heteroatoms. The van der Waals surface area contributed by atoms with Gasteiger partial charge in [-0.1, -0.05) is 41.9 Å². The molecule has 1 aliphatic rings. The first-order valence-electron chi connectivity index (χ1n) is 10.1. The number of ether oxygens (including phenoxy) is 1. The fourth-order valence-corrected chi connectivity index (χ4v) is 5.00. The van der Waals surface area contributed by atoms with Crippen LogP contribution in [-0.2, 0) is 24.3 Å². The highest BCUT2D eigenvalue weighted by Gasteiger charge is 2.26. The number of hydrogen-bond acceptors (Lipinski definition) is 4. The first kappa shape index (κ1) is 21.1. The molecule has 1 atom stereocenters. The van der Waals surface area contributed by atoms with Gasteiger partial charge < -0.3 is 10.1 Å². The van der Waals surface area contributed by atoms with Gasteiger partial charge in [-0.15, -0.1) is 11.3 Å². The quantitative estimate of drug-likeness (QED) is 0.557. The fourth-order valence-electron chi connectivity index (χ4n) is 3.99. The second-order valence-corrected chi connectivity index (χ2v) is 8.89. The molecule has 0 radical (unpaired) electrons. The molecule has 1 aliphatic heterocycles. The Labute approximate surface area is 186 Å². The summed E-state index contributed by atoms with van der Waals surface area (Å²) in [5, 5.41) is 6.04. The number of carbonyl (C=O) groups is 1. The summed E-state index contributed by atoms with van der Waals surface area (Å²) < 4.78 is 5.25. The normalized spacial score (nSPS) is 14.9. The number of rotatable bonds is 7. The van der Waals surface area contributed by atoms with Crippen LogP contribution in [0, 0.1) is 0 Å². The van der Waals surface area contributed by atoms with Crippen LogP contribution in [0.2, 0.25) is 5.02 Å². The predicted molar refractivity (Wildman–Crippen MR) is 122 cm³/mol. The summed E-state index contributed by atoms with van der Waals surface area (Å²) in [5.74, 6) is -0.0742. The largest absolute Gasteiger partial charge is 0.380 e. The molecule has 4 rings (SSSR count). The monoisotopic (exact) mass is 440 g/mol. The Balaban J connectivity index is 1.53. The molecule has 0 aliphatic carbocycles. The lowest BCUT2D eigenvalue weighted by atomic mass is 10.0. The summed E-state index contributed by atoms with van der Waals surface area (Å²) in [4.78, 5) is 16.9. The number of benzene rings is 2. The molecule has 4 nitrogen and oxygen atoms in total. The van der Waals surface area contributed by atoms with Gasteiger partial charge in [0.25, 0.3) is 5.91 Å². The van der Waals surface area contributed by atoms with Crippen molar-refractivity contribution in [3.8, 4) is 0 Å². The molecule has 156 valence electrons. The number of nitrogens with zero attached hydrogens (tertiary/aromatic N) is 1. The van der Waals surface area contributed by atoms with Crippen LogP contribution in [-0.4, -0.2) is 31.0 Å². The summed E-state index contributed by atoms with van der Waals surface area (Å²) in [6.07, 6.45) is 1.04. The molecule has 0 fully saturated rings. The van der Waals surface area contributed by atoms with Crippen molar-refractivity contribution in [2.24, 2.45) is 0 Å². The summed E-state index contributed by atoms with van der Waals surface area (Å²) in [6, 6.07) is 17.8. The molecule has 3 aromatic rings. The Hall–Kier alpha value is -2.18. The zero-order chi connectivity index (χ0) is 20.9. The van der Waals surface area contributed by atoms with Crippen molar-refractivity contribution in [2.75, 3.05) is 20.2 Å². The predicted octanol–water partition coefficient (Wildman–Crippen LogP) is 5.08. The maximum atomic E-state index is 13.0. The summed E-state index contributed by atoms with van der Waals surface area (Å²) >= 11 is 7.95. The van der Waals surface area contributed by atoms with Crippen LogP contribution in [0.3, 0.4) is 0 Å². The topological polar surface area (TPSA) is 41.6 Å². The van der Waals surface area contributed by atoms with Crippen molar-refractivity contribution < 1.29 is 9.53 Å². The fraction of sp³-hybridized carbons (Fsp3) is 0.292. The van der Waals surface area contributed by atoms with Gasteiger partial charge in [-0.2, -0.15) is 0 Å². The van der Waals surface area contributed by atoms with Crippen LogP contribution in [0.4, 0.5) is 0 Å². The molecule has 2 heterocycles. The van der Waals surface area contributed by atoms with Gasteiger partial charge in [-0.05, 0) is 52.8 Å². The minimum Gasteiger partial charge on any atom is -0.380 e. The number of nitrogens with one attached hydrogen (secondary N) is 1. The van der Waals surface area contributed by atoms with E-state index in [1.807, 2.05) is 47.7 Å². The van der Waals surface area contributed by atoms with E-state index >= 15 is 0 Å². The van der Waals surface area contributed by atoms with Crippen molar-refractivity contribution in [1.82, 2.24) is 10.2 Å². The molecule has 1 N–H and O–H groups in total. The number of fused-ring (bicyclic) bond motifs is 1. The van der Waals surface area contributed by atoms with Crippen LogP contribution < -0.4 is 5.32 Å². The Kier molecular flexibility index (Phi) is 6.85. The number of carbonyl (C=O) groups excluding carboxylic acids is 1. The van der Waals surface area contributed by atoms with Gasteiger partial charge in [0, 0.05) is 42.2 Å². The van der Waals surface area contributed by atoms with E-state index in [-0.39, 0.29) is 11.9 Å². The highest BCUT2D eigenvalue weighted by Crippen LogP contribution is 2.30. The lowest BCUT2D eigenvalue weighted by Crippen LogP contribution is -2.40. The highest BCUT2D eigenvalue weighted by atomic mass is 35.5.